The average Bonchev–Trinajstić information content (AvgIpc) is 2.76. The molecule has 0 saturated heterocycles. The van der Waals surface area contributed by atoms with E-state index < -0.39 is 0 Å². The number of ether oxygens (including phenoxy) is 1. The van der Waals surface area contributed by atoms with Crippen molar-refractivity contribution in [3.05, 3.63) is 13.3 Å². The minimum Gasteiger partial charge on any atom is -0.375 e. The lowest BCUT2D eigenvalue weighted by molar-refractivity contribution is 0.0106. The zero-order chi connectivity index (χ0) is 9.10. The van der Waals surface area contributed by atoms with Crippen LogP contribution in [0.3, 0.4) is 0 Å². The molecule has 1 heteroatoms. The van der Waals surface area contributed by atoms with E-state index in [2.05, 4.69) is 13.3 Å². The molecule has 2 radical (unpaired) electrons. The van der Waals surface area contributed by atoms with Gasteiger partial charge in [-0.2, -0.15) is 0 Å². The summed E-state index contributed by atoms with van der Waals surface area (Å²) in [5.41, 5.74) is 0. The standard InChI is InChI=1S/C12H20O/c1-2-10-7-8-12(9-10)13-11-5-3-4-6-11/h8,10-12H,1-7,9H2. The summed E-state index contributed by atoms with van der Waals surface area (Å²) < 4.78 is 6.02. The topological polar surface area (TPSA) is 9.23 Å². The molecule has 1 nitrogen and oxygen atoms in total. The van der Waals surface area contributed by atoms with Gasteiger partial charge in [-0.3, -0.25) is 0 Å². The van der Waals surface area contributed by atoms with Crippen LogP contribution in [-0.4, -0.2) is 12.2 Å². The molecule has 2 unspecified atom stereocenters. The second kappa shape index (κ2) is 4.45. The molecule has 0 aromatic heterocycles. The van der Waals surface area contributed by atoms with Crippen molar-refractivity contribution in [2.45, 2.75) is 57.2 Å². The van der Waals surface area contributed by atoms with Crippen LogP contribution in [0.2, 0.25) is 0 Å². The van der Waals surface area contributed by atoms with E-state index in [1.54, 1.807) is 0 Å². The summed E-state index contributed by atoms with van der Waals surface area (Å²) in [4.78, 5) is 0. The van der Waals surface area contributed by atoms with Crippen molar-refractivity contribution in [3.63, 3.8) is 0 Å². The number of hydrogen-bond acceptors (Lipinski definition) is 1. The van der Waals surface area contributed by atoms with E-state index in [0.29, 0.717) is 12.2 Å². The van der Waals surface area contributed by atoms with Crippen LogP contribution in [0.25, 0.3) is 0 Å². The van der Waals surface area contributed by atoms with E-state index in [0.717, 1.165) is 12.3 Å². The lowest BCUT2D eigenvalue weighted by Crippen LogP contribution is -2.17. The van der Waals surface area contributed by atoms with Gasteiger partial charge in [-0.25, -0.2) is 0 Å². The van der Waals surface area contributed by atoms with Crippen molar-refractivity contribution in [1.29, 1.82) is 0 Å². The lowest BCUT2D eigenvalue weighted by Gasteiger charge is -2.17. The average molecular weight is 180 g/mol. The highest BCUT2D eigenvalue weighted by molar-refractivity contribution is 4.91. The van der Waals surface area contributed by atoms with Gasteiger partial charge in [-0.1, -0.05) is 26.2 Å². The molecule has 2 atom stereocenters. The fourth-order valence-electron chi connectivity index (χ4n) is 2.48. The molecule has 2 aliphatic rings. The third-order valence-electron chi connectivity index (χ3n) is 3.38. The molecule has 0 amide bonds. The van der Waals surface area contributed by atoms with Crippen molar-refractivity contribution in [1.82, 2.24) is 0 Å². The van der Waals surface area contributed by atoms with Crippen LogP contribution in [0.15, 0.2) is 0 Å². The molecule has 0 aromatic carbocycles. The summed E-state index contributed by atoms with van der Waals surface area (Å²) in [5, 5.41) is 0. The molecular weight excluding hydrogens is 160 g/mol. The molecule has 0 bridgehead atoms. The smallest absolute Gasteiger partial charge is 0.0613 e. The Morgan fingerprint density at radius 3 is 2.69 bits per heavy atom. The van der Waals surface area contributed by atoms with Crippen molar-refractivity contribution in [2.75, 3.05) is 0 Å². The van der Waals surface area contributed by atoms with Gasteiger partial charge in [0.15, 0.2) is 0 Å². The van der Waals surface area contributed by atoms with E-state index in [-0.39, 0.29) is 0 Å². The first-order valence-corrected chi connectivity index (χ1v) is 5.66. The van der Waals surface area contributed by atoms with Crippen molar-refractivity contribution >= 4 is 0 Å². The van der Waals surface area contributed by atoms with Crippen LogP contribution in [-0.2, 0) is 4.74 Å². The second-order valence-electron chi connectivity index (χ2n) is 4.44. The zero-order valence-corrected chi connectivity index (χ0v) is 8.37. The Labute approximate surface area is 81.9 Å². The molecule has 0 aromatic rings. The van der Waals surface area contributed by atoms with Crippen LogP contribution in [0.1, 0.15) is 44.9 Å². The van der Waals surface area contributed by atoms with Gasteiger partial charge in [0, 0.05) is 0 Å². The summed E-state index contributed by atoms with van der Waals surface area (Å²) in [5.74, 6) is 0.798. The van der Waals surface area contributed by atoms with Gasteiger partial charge < -0.3 is 4.74 Å². The fraction of sp³-hybridized carbons (Fsp3) is 0.833. The largest absolute Gasteiger partial charge is 0.375 e. The summed E-state index contributed by atoms with van der Waals surface area (Å²) in [6.07, 6.45) is 12.2. The Kier molecular flexibility index (Phi) is 3.26. The van der Waals surface area contributed by atoms with Crippen molar-refractivity contribution in [2.24, 2.45) is 5.92 Å². The van der Waals surface area contributed by atoms with Gasteiger partial charge in [-0.05, 0) is 38.0 Å². The summed E-state index contributed by atoms with van der Waals surface area (Å²) in [6.45, 7) is 3.96. The van der Waals surface area contributed by atoms with Gasteiger partial charge in [-0.15, -0.1) is 0 Å². The molecule has 0 N–H and O–H groups in total. The molecule has 0 spiro atoms. The Hall–Kier alpha value is -0.0400. The van der Waals surface area contributed by atoms with Crippen LogP contribution in [0.5, 0.6) is 0 Å². The number of rotatable bonds is 3. The van der Waals surface area contributed by atoms with Gasteiger partial charge in [0.1, 0.15) is 0 Å². The first-order valence-electron chi connectivity index (χ1n) is 5.66. The van der Waals surface area contributed by atoms with Crippen LogP contribution in [0, 0.1) is 19.3 Å². The molecule has 74 valence electrons. The lowest BCUT2D eigenvalue weighted by atomic mass is 10.1. The normalized spacial score (nSPS) is 35.8. The third kappa shape index (κ3) is 2.46. The molecule has 2 saturated carbocycles. The van der Waals surface area contributed by atoms with E-state index in [1.165, 1.54) is 38.5 Å². The Morgan fingerprint density at radius 1 is 1.31 bits per heavy atom. The summed E-state index contributed by atoms with van der Waals surface area (Å²) >= 11 is 0. The Morgan fingerprint density at radius 2 is 2.08 bits per heavy atom. The van der Waals surface area contributed by atoms with E-state index >= 15 is 0 Å². The van der Waals surface area contributed by atoms with Crippen LogP contribution in [0.4, 0.5) is 0 Å². The van der Waals surface area contributed by atoms with Gasteiger partial charge >= 0.3 is 0 Å². The van der Waals surface area contributed by atoms with E-state index in [4.69, 9.17) is 4.74 Å². The first kappa shape index (κ1) is 9.51. The maximum atomic E-state index is 6.02. The van der Waals surface area contributed by atoms with E-state index in [1.807, 2.05) is 0 Å². The van der Waals surface area contributed by atoms with Crippen LogP contribution < -0.4 is 0 Å². The molecule has 2 fully saturated rings. The molecule has 2 rings (SSSR count). The first-order chi connectivity index (χ1) is 6.38. The molecule has 13 heavy (non-hydrogen) atoms. The number of hydrogen-bond donors (Lipinski definition) is 0. The maximum Gasteiger partial charge on any atom is 0.0613 e. The minimum absolute atomic E-state index is 0.454. The quantitative estimate of drug-likeness (QED) is 0.648. The van der Waals surface area contributed by atoms with E-state index in [9.17, 15) is 0 Å². The third-order valence-corrected chi connectivity index (χ3v) is 3.38. The maximum absolute atomic E-state index is 6.02. The molecule has 2 aliphatic carbocycles. The minimum atomic E-state index is 0.454. The summed E-state index contributed by atoms with van der Waals surface area (Å²) in [6, 6.07) is 0. The zero-order valence-electron chi connectivity index (χ0n) is 8.37. The predicted octanol–water partition coefficient (Wildman–Crippen LogP) is 3.15. The predicted molar refractivity (Wildman–Crippen MR) is 54.1 cm³/mol. The molecular formula is C12H20O. The van der Waals surface area contributed by atoms with Gasteiger partial charge in [0.05, 0.1) is 12.2 Å². The highest BCUT2D eigenvalue weighted by Gasteiger charge is 2.27. The van der Waals surface area contributed by atoms with Crippen LogP contribution >= 0.6 is 0 Å². The molecule has 0 aliphatic heterocycles. The highest BCUT2D eigenvalue weighted by atomic mass is 16.5. The van der Waals surface area contributed by atoms with Gasteiger partial charge in [0.2, 0.25) is 0 Å². The SMILES string of the molecule is [CH2]CC1C[CH]C(OC2CCCC2)C1. The van der Waals surface area contributed by atoms with Gasteiger partial charge in [0.25, 0.3) is 0 Å². The monoisotopic (exact) mass is 180 g/mol. The molecule has 0 heterocycles. The fourth-order valence-corrected chi connectivity index (χ4v) is 2.48. The summed E-state index contributed by atoms with van der Waals surface area (Å²) in [7, 11) is 0. The van der Waals surface area contributed by atoms with Crippen molar-refractivity contribution in [3.8, 4) is 0 Å². The van der Waals surface area contributed by atoms with Crippen molar-refractivity contribution < 1.29 is 4.74 Å². The second-order valence-corrected chi connectivity index (χ2v) is 4.44. The highest BCUT2D eigenvalue weighted by Crippen LogP contribution is 2.32. The Balaban J connectivity index is 1.70. The Bertz CT molecular complexity index is 149.